The summed E-state index contributed by atoms with van der Waals surface area (Å²) >= 11 is 0. The van der Waals surface area contributed by atoms with Crippen LogP contribution in [-0.4, -0.2) is 32.1 Å². The summed E-state index contributed by atoms with van der Waals surface area (Å²) < 4.78 is 5.06. The molecule has 0 atom stereocenters. The summed E-state index contributed by atoms with van der Waals surface area (Å²) in [4.78, 5) is 15.0. The molecule has 0 fully saturated rings. The molecule has 0 spiro atoms. The molecule has 0 bridgehead atoms. The Hall–Kier alpha value is -2.75. The topological polar surface area (TPSA) is 113 Å². The van der Waals surface area contributed by atoms with Gasteiger partial charge in [-0.3, -0.25) is 4.79 Å². The third-order valence-electron chi connectivity index (χ3n) is 2.10. The summed E-state index contributed by atoms with van der Waals surface area (Å²) in [6.45, 7) is -0.179. The van der Waals surface area contributed by atoms with Crippen LogP contribution in [0.5, 0.6) is 5.75 Å². The molecule has 0 aliphatic carbocycles. The van der Waals surface area contributed by atoms with Crippen molar-refractivity contribution in [3.8, 4) is 11.8 Å². The van der Waals surface area contributed by atoms with Gasteiger partial charge in [-0.25, -0.2) is 4.99 Å². The van der Waals surface area contributed by atoms with Gasteiger partial charge in [0.25, 0.3) is 0 Å². The van der Waals surface area contributed by atoms with Crippen molar-refractivity contribution in [2.24, 2.45) is 10.7 Å². The predicted octanol–water partition coefficient (Wildman–Crippen LogP) is 0.0616. The Kier molecular flexibility index (Phi) is 5.69. The van der Waals surface area contributed by atoms with Crippen molar-refractivity contribution >= 4 is 17.6 Å². The lowest BCUT2D eigenvalue weighted by molar-refractivity contribution is -0.119. The number of nitrogens with two attached hydrogens (primary N) is 1. The summed E-state index contributed by atoms with van der Waals surface area (Å²) in [5, 5.41) is 13.5. The molecule has 1 aromatic carbocycles. The summed E-state index contributed by atoms with van der Waals surface area (Å²) in [5.41, 5.74) is 6.33. The number of nitrogens with one attached hydrogen (secondary N) is 2. The fraction of sp³-hybridized carbons (Fsp3) is 0.250. The number of hydrogen-bond acceptors (Lipinski definition) is 4. The molecule has 0 unspecified atom stereocenters. The molecule has 0 aromatic heterocycles. The number of guanidine groups is 1. The van der Waals surface area contributed by atoms with Crippen LogP contribution in [0.1, 0.15) is 0 Å². The van der Waals surface area contributed by atoms with Crippen molar-refractivity contribution in [1.82, 2.24) is 5.32 Å². The average molecular weight is 261 g/mol. The first-order chi connectivity index (χ1) is 9.15. The maximum absolute atomic E-state index is 11.2. The van der Waals surface area contributed by atoms with Crippen molar-refractivity contribution in [2.75, 3.05) is 25.5 Å². The highest BCUT2D eigenvalue weighted by molar-refractivity contribution is 5.94. The van der Waals surface area contributed by atoms with E-state index in [1.54, 1.807) is 37.4 Å². The Morgan fingerprint density at radius 3 is 3.05 bits per heavy atom. The van der Waals surface area contributed by atoms with Crippen molar-refractivity contribution in [3.63, 3.8) is 0 Å². The second-order valence-electron chi connectivity index (χ2n) is 3.49. The number of benzene rings is 1. The number of aliphatic imine (C=N–C) groups is 1. The first-order valence-corrected chi connectivity index (χ1v) is 5.50. The van der Waals surface area contributed by atoms with Crippen LogP contribution in [0.4, 0.5) is 5.69 Å². The van der Waals surface area contributed by atoms with E-state index in [0.717, 1.165) is 0 Å². The number of carbonyl (C=O) groups is 1. The molecule has 19 heavy (non-hydrogen) atoms. The molecule has 0 saturated heterocycles. The van der Waals surface area contributed by atoms with Gasteiger partial charge in [-0.2, -0.15) is 5.26 Å². The molecule has 7 nitrogen and oxygen atoms in total. The van der Waals surface area contributed by atoms with E-state index in [1.807, 2.05) is 0 Å². The third kappa shape index (κ3) is 5.41. The maximum atomic E-state index is 11.2. The van der Waals surface area contributed by atoms with E-state index in [4.69, 9.17) is 15.7 Å². The Balaban J connectivity index is 2.51. The molecule has 0 saturated carbocycles. The van der Waals surface area contributed by atoms with Crippen LogP contribution in [0.15, 0.2) is 29.3 Å². The molecule has 1 amide bonds. The zero-order chi connectivity index (χ0) is 14.1. The summed E-state index contributed by atoms with van der Waals surface area (Å²) in [6.07, 6.45) is 0. The maximum Gasteiger partial charge on any atom is 0.242 e. The van der Waals surface area contributed by atoms with E-state index in [2.05, 4.69) is 15.6 Å². The Morgan fingerprint density at radius 2 is 2.37 bits per heavy atom. The fourth-order valence-electron chi connectivity index (χ4n) is 1.24. The Morgan fingerprint density at radius 1 is 1.58 bits per heavy atom. The highest BCUT2D eigenvalue weighted by Crippen LogP contribution is 2.16. The van der Waals surface area contributed by atoms with Gasteiger partial charge in [0.05, 0.1) is 13.2 Å². The van der Waals surface area contributed by atoms with Crippen molar-refractivity contribution in [2.45, 2.75) is 0 Å². The van der Waals surface area contributed by atoms with Crippen LogP contribution in [0.3, 0.4) is 0 Å². The molecule has 4 N–H and O–H groups in total. The zero-order valence-corrected chi connectivity index (χ0v) is 10.5. The van der Waals surface area contributed by atoms with E-state index >= 15 is 0 Å². The monoisotopic (exact) mass is 261 g/mol. The highest BCUT2D eigenvalue weighted by Gasteiger charge is 2.00. The molecule has 0 radical (unpaired) electrons. The predicted molar refractivity (Wildman–Crippen MR) is 71.7 cm³/mol. The molecule has 100 valence electrons. The van der Waals surface area contributed by atoms with Gasteiger partial charge in [0, 0.05) is 11.8 Å². The SMILES string of the molecule is COc1cccc(NC(N)=NCC(=O)NCC#N)c1. The zero-order valence-electron chi connectivity index (χ0n) is 10.5. The number of carbonyl (C=O) groups excluding carboxylic acids is 1. The lowest BCUT2D eigenvalue weighted by Gasteiger charge is -2.07. The van der Waals surface area contributed by atoms with Crippen molar-refractivity contribution < 1.29 is 9.53 Å². The normalized spacial score (nSPS) is 10.4. The van der Waals surface area contributed by atoms with Gasteiger partial charge in [0.1, 0.15) is 18.8 Å². The van der Waals surface area contributed by atoms with Gasteiger partial charge in [-0.1, -0.05) is 6.07 Å². The molecule has 7 heteroatoms. The second kappa shape index (κ2) is 7.55. The molecule has 0 aliphatic rings. The number of ether oxygens (including phenoxy) is 1. The number of anilines is 1. The highest BCUT2D eigenvalue weighted by atomic mass is 16.5. The molecule has 1 aromatic rings. The summed E-state index contributed by atoms with van der Waals surface area (Å²) in [6, 6.07) is 8.94. The molecule has 0 heterocycles. The minimum absolute atomic E-state index is 0.0441. The molecule has 1 rings (SSSR count). The second-order valence-corrected chi connectivity index (χ2v) is 3.49. The van der Waals surface area contributed by atoms with Gasteiger partial charge < -0.3 is 21.1 Å². The van der Waals surface area contributed by atoms with E-state index in [9.17, 15) is 4.79 Å². The van der Waals surface area contributed by atoms with Crippen LogP contribution in [0.25, 0.3) is 0 Å². The van der Waals surface area contributed by atoms with Crippen molar-refractivity contribution in [3.05, 3.63) is 24.3 Å². The van der Waals surface area contributed by atoms with E-state index in [-0.39, 0.29) is 25.0 Å². The largest absolute Gasteiger partial charge is 0.497 e. The average Bonchev–Trinajstić information content (AvgIpc) is 2.43. The molecular weight excluding hydrogens is 246 g/mol. The van der Waals surface area contributed by atoms with Crippen molar-refractivity contribution in [1.29, 1.82) is 5.26 Å². The molecular formula is C12H15N5O2. The number of rotatable bonds is 5. The van der Waals surface area contributed by atoms with Crippen LogP contribution < -0.4 is 21.1 Å². The van der Waals surface area contributed by atoms with Gasteiger partial charge in [-0.05, 0) is 12.1 Å². The number of amides is 1. The minimum atomic E-state index is -0.364. The minimum Gasteiger partial charge on any atom is -0.497 e. The number of methoxy groups -OCH3 is 1. The standard InChI is InChI=1S/C12H15N5O2/c1-19-10-4-2-3-9(7-10)17-12(14)16-8-11(18)15-6-5-13/h2-4,7H,6,8H2,1H3,(H,15,18)(H3,14,16,17). The van der Waals surface area contributed by atoms with Gasteiger partial charge >= 0.3 is 0 Å². The van der Waals surface area contributed by atoms with Gasteiger partial charge in [-0.15, -0.1) is 0 Å². The van der Waals surface area contributed by atoms with E-state index in [0.29, 0.717) is 11.4 Å². The number of hydrogen-bond donors (Lipinski definition) is 3. The quantitative estimate of drug-likeness (QED) is 0.394. The third-order valence-corrected chi connectivity index (χ3v) is 2.10. The Bertz CT molecular complexity index is 507. The summed E-state index contributed by atoms with van der Waals surface area (Å²) in [7, 11) is 1.57. The number of nitrogens with zero attached hydrogens (tertiary/aromatic N) is 2. The smallest absolute Gasteiger partial charge is 0.242 e. The van der Waals surface area contributed by atoms with Crippen LogP contribution in [0.2, 0.25) is 0 Å². The Labute approximate surface area is 111 Å². The number of nitriles is 1. The first kappa shape index (κ1) is 14.3. The lowest BCUT2D eigenvalue weighted by Crippen LogP contribution is -2.29. The summed E-state index contributed by atoms with van der Waals surface area (Å²) in [5.74, 6) is 0.432. The van der Waals surface area contributed by atoms with Gasteiger partial charge in [0.15, 0.2) is 5.96 Å². The lowest BCUT2D eigenvalue weighted by atomic mass is 10.3. The van der Waals surface area contributed by atoms with Crippen LogP contribution in [0, 0.1) is 11.3 Å². The fourth-order valence-corrected chi connectivity index (χ4v) is 1.24. The molecule has 0 aliphatic heterocycles. The van der Waals surface area contributed by atoms with E-state index < -0.39 is 0 Å². The van der Waals surface area contributed by atoms with E-state index in [1.165, 1.54) is 0 Å². The first-order valence-electron chi connectivity index (χ1n) is 5.50. The van der Waals surface area contributed by atoms with Crippen LogP contribution in [-0.2, 0) is 4.79 Å². The van der Waals surface area contributed by atoms with Crippen LogP contribution >= 0.6 is 0 Å². The van der Waals surface area contributed by atoms with Gasteiger partial charge in [0.2, 0.25) is 5.91 Å².